The van der Waals surface area contributed by atoms with Crippen molar-refractivity contribution >= 4 is 17.3 Å². The molecule has 0 aliphatic heterocycles. The molecule has 1 amide bonds. The van der Waals surface area contributed by atoms with Crippen molar-refractivity contribution in [1.29, 1.82) is 0 Å². The molecule has 0 saturated heterocycles. The Kier molecular flexibility index (Phi) is 3.34. The number of benzene rings is 1. The summed E-state index contributed by atoms with van der Waals surface area (Å²) in [6.45, 7) is -0.383. The van der Waals surface area contributed by atoms with Gasteiger partial charge in [-0.1, -0.05) is 0 Å². The third-order valence-electron chi connectivity index (χ3n) is 2.08. The number of hydrogen-bond donors (Lipinski definition) is 2. The number of nitrogens with two attached hydrogens (primary N) is 2. The first-order valence-corrected chi connectivity index (χ1v) is 4.34. The third-order valence-corrected chi connectivity index (χ3v) is 2.08. The van der Waals surface area contributed by atoms with E-state index in [1.807, 2.05) is 0 Å². The number of nitro groups is 2. The van der Waals surface area contributed by atoms with E-state index in [1.54, 1.807) is 0 Å². The fourth-order valence-electron chi connectivity index (χ4n) is 1.32. The smallest absolute Gasteiger partial charge is 0.281 e. The van der Waals surface area contributed by atoms with Crippen LogP contribution in [0.2, 0.25) is 0 Å². The van der Waals surface area contributed by atoms with Crippen molar-refractivity contribution in [2.24, 2.45) is 11.5 Å². The molecule has 0 heterocycles. The van der Waals surface area contributed by atoms with Gasteiger partial charge in [0.2, 0.25) is 5.91 Å². The van der Waals surface area contributed by atoms with Gasteiger partial charge < -0.3 is 11.5 Å². The van der Waals surface area contributed by atoms with E-state index >= 15 is 0 Å². The molecular formula is C8H8N4O5. The Morgan fingerprint density at radius 3 is 1.82 bits per heavy atom. The van der Waals surface area contributed by atoms with Gasteiger partial charge in [-0.05, 0) is 0 Å². The lowest BCUT2D eigenvalue weighted by molar-refractivity contribution is -0.395. The highest BCUT2D eigenvalue weighted by Crippen LogP contribution is 2.29. The van der Waals surface area contributed by atoms with Gasteiger partial charge in [0.25, 0.3) is 11.4 Å². The van der Waals surface area contributed by atoms with E-state index in [4.69, 9.17) is 11.5 Å². The standard InChI is InChI=1S/C8H8N4O5/c9-3-5-6(11(14)15)1-4(8(10)13)2-7(5)12(16)17/h1-2H,3,9H2,(H2,10,13). The second kappa shape index (κ2) is 4.53. The minimum absolute atomic E-state index is 0.245. The predicted molar refractivity (Wildman–Crippen MR) is 56.2 cm³/mol. The van der Waals surface area contributed by atoms with Crippen LogP contribution in [0.3, 0.4) is 0 Å². The maximum absolute atomic E-state index is 10.9. The summed E-state index contributed by atoms with van der Waals surface area (Å²) in [5, 5.41) is 21.4. The maximum Gasteiger partial charge on any atom is 0.281 e. The van der Waals surface area contributed by atoms with Gasteiger partial charge in [-0.3, -0.25) is 25.0 Å². The van der Waals surface area contributed by atoms with Gasteiger partial charge in [-0.25, -0.2) is 0 Å². The number of primary amides is 1. The lowest BCUT2D eigenvalue weighted by atomic mass is 10.1. The highest BCUT2D eigenvalue weighted by Gasteiger charge is 2.26. The molecule has 0 saturated carbocycles. The quantitative estimate of drug-likeness (QED) is 0.559. The van der Waals surface area contributed by atoms with Crippen molar-refractivity contribution in [3.63, 3.8) is 0 Å². The molecule has 1 aromatic rings. The summed E-state index contributed by atoms with van der Waals surface area (Å²) in [6.07, 6.45) is 0. The van der Waals surface area contributed by atoms with E-state index in [1.165, 1.54) is 0 Å². The number of nitro benzene ring substituents is 2. The average molecular weight is 240 g/mol. The monoisotopic (exact) mass is 240 g/mol. The Labute approximate surface area is 94.3 Å². The summed E-state index contributed by atoms with van der Waals surface area (Å²) in [6, 6.07) is 1.75. The molecule has 0 spiro atoms. The van der Waals surface area contributed by atoms with Crippen LogP contribution in [0, 0.1) is 20.2 Å². The highest BCUT2D eigenvalue weighted by molar-refractivity contribution is 5.94. The number of hydrogen-bond acceptors (Lipinski definition) is 6. The lowest BCUT2D eigenvalue weighted by Crippen LogP contribution is -2.14. The first-order valence-electron chi connectivity index (χ1n) is 4.34. The van der Waals surface area contributed by atoms with E-state index in [9.17, 15) is 25.0 Å². The summed E-state index contributed by atoms with van der Waals surface area (Å²) in [5.74, 6) is -0.986. The fraction of sp³-hybridized carbons (Fsp3) is 0.125. The van der Waals surface area contributed by atoms with E-state index < -0.39 is 27.1 Å². The number of carbonyl (C=O) groups excluding carboxylic acids is 1. The Bertz CT molecular complexity index is 478. The summed E-state index contributed by atoms with van der Waals surface area (Å²) in [5.41, 5.74) is 8.43. The van der Waals surface area contributed by atoms with Crippen molar-refractivity contribution in [2.45, 2.75) is 6.54 Å². The largest absolute Gasteiger partial charge is 0.366 e. The molecule has 0 radical (unpaired) electrons. The minimum Gasteiger partial charge on any atom is -0.366 e. The Balaban J connectivity index is 3.63. The van der Waals surface area contributed by atoms with Crippen LogP contribution in [0.15, 0.2) is 12.1 Å². The zero-order chi connectivity index (χ0) is 13.2. The molecule has 9 heteroatoms. The molecule has 17 heavy (non-hydrogen) atoms. The first-order chi connectivity index (χ1) is 7.88. The second-order valence-corrected chi connectivity index (χ2v) is 3.08. The molecule has 0 aliphatic rings. The van der Waals surface area contributed by atoms with Crippen LogP contribution in [0.1, 0.15) is 15.9 Å². The molecule has 0 aromatic heterocycles. The van der Waals surface area contributed by atoms with Crippen LogP contribution >= 0.6 is 0 Å². The average Bonchev–Trinajstić information content (AvgIpc) is 2.26. The second-order valence-electron chi connectivity index (χ2n) is 3.08. The molecule has 0 fully saturated rings. The molecule has 1 rings (SSSR count). The van der Waals surface area contributed by atoms with Crippen molar-refractivity contribution < 1.29 is 14.6 Å². The number of rotatable bonds is 4. The lowest BCUT2D eigenvalue weighted by Gasteiger charge is -2.03. The van der Waals surface area contributed by atoms with Crippen LogP contribution in [0.5, 0.6) is 0 Å². The van der Waals surface area contributed by atoms with Crippen LogP contribution in [-0.4, -0.2) is 15.8 Å². The van der Waals surface area contributed by atoms with Gasteiger partial charge in [-0.2, -0.15) is 0 Å². The summed E-state index contributed by atoms with van der Waals surface area (Å²) in [7, 11) is 0. The zero-order valence-corrected chi connectivity index (χ0v) is 8.45. The molecule has 9 nitrogen and oxygen atoms in total. The fourth-order valence-corrected chi connectivity index (χ4v) is 1.32. The molecule has 0 atom stereocenters. The predicted octanol–water partition coefficient (Wildman–Crippen LogP) is 0.0606. The van der Waals surface area contributed by atoms with Gasteiger partial charge in [0.05, 0.1) is 15.4 Å². The van der Waals surface area contributed by atoms with Crippen molar-refractivity contribution in [2.75, 3.05) is 0 Å². The minimum atomic E-state index is -0.986. The number of nitrogens with zero attached hydrogens (tertiary/aromatic N) is 2. The Morgan fingerprint density at radius 1 is 1.18 bits per heavy atom. The van der Waals surface area contributed by atoms with Gasteiger partial charge in [-0.15, -0.1) is 0 Å². The molecule has 4 N–H and O–H groups in total. The zero-order valence-electron chi connectivity index (χ0n) is 8.45. The van der Waals surface area contributed by atoms with Gasteiger partial charge in [0.15, 0.2) is 0 Å². The van der Waals surface area contributed by atoms with E-state index in [0.29, 0.717) is 0 Å². The van der Waals surface area contributed by atoms with Crippen LogP contribution in [0.25, 0.3) is 0 Å². The van der Waals surface area contributed by atoms with Crippen LogP contribution < -0.4 is 11.5 Å². The van der Waals surface area contributed by atoms with E-state index in [2.05, 4.69) is 0 Å². The van der Waals surface area contributed by atoms with Crippen LogP contribution in [0.4, 0.5) is 11.4 Å². The molecular weight excluding hydrogens is 232 g/mol. The topological polar surface area (TPSA) is 155 Å². The molecule has 0 bridgehead atoms. The first kappa shape index (κ1) is 12.5. The van der Waals surface area contributed by atoms with Crippen LogP contribution in [-0.2, 0) is 6.54 Å². The SMILES string of the molecule is NCc1c([N+](=O)[O-])cc(C(N)=O)cc1[N+](=O)[O-]. The third kappa shape index (κ3) is 2.34. The Morgan fingerprint density at radius 2 is 1.59 bits per heavy atom. The van der Waals surface area contributed by atoms with Crippen molar-refractivity contribution in [3.05, 3.63) is 43.5 Å². The maximum atomic E-state index is 10.9. The molecule has 1 aromatic carbocycles. The number of carbonyl (C=O) groups is 1. The van der Waals surface area contributed by atoms with Gasteiger partial charge in [0, 0.05) is 18.7 Å². The number of amides is 1. The Hall–Kier alpha value is -2.55. The van der Waals surface area contributed by atoms with E-state index in [-0.39, 0.29) is 17.7 Å². The molecule has 0 unspecified atom stereocenters. The van der Waals surface area contributed by atoms with Crippen molar-refractivity contribution in [3.8, 4) is 0 Å². The van der Waals surface area contributed by atoms with Gasteiger partial charge >= 0.3 is 0 Å². The normalized spacial score (nSPS) is 9.94. The highest BCUT2D eigenvalue weighted by atomic mass is 16.6. The molecule has 90 valence electrons. The summed E-state index contributed by atoms with van der Waals surface area (Å²) >= 11 is 0. The van der Waals surface area contributed by atoms with E-state index in [0.717, 1.165) is 12.1 Å². The van der Waals surface area contributed by atoms with Gasteiger partial charge in [0.1, 0.15) is 5.56 Å². The summed E-state index contributed by atoms with van der Waals surface area (Å²) < 4.78 is 0. The summed E-state index contributed by atoms with van der Waals surface area (Å²) in [4.78, 5) is 30.6. The molecule has 0 aliphatic carbocycles. The van der Waals surface area contributed by atoms with Crippen molar-refractivity contribution in [1.82, 2.24) is 0 Å².